The summed E-state index contributed by atoms with van der Waals surface area (Å²) in [5.74, 6) is 0. The summed E-state index contributed by atoms with van der Waals surface area (Å²) in [5.41, 5.74) is 5.21. The zero-order valence-electron chi connectivity index (χ0n) is 9.61. The lowest BCUT2D eigenvalue weighted by molar-refractivity contribution is 0.405. The van der Waals surface area contributed by atoms with Gasteiger partial charge >= 0.3 is 0 Å². The highest BCUT2D eigenvalue weighted by atomic mass is 15.3. The van der Waals surface area contributed by atoms with Gasteiger partial charge in [-0.2, -0.15) is 10.2 Å². The topological polar surface area (TPSA) is 58.5 Å². The molecule has 0 unspecified atom stereocenters. The lowest BCUT2D eigenvalue weighted by Gasteiger charge is -2.25. The third-order valence-electron chi connectivity index (χ3n) is 3.85. The third-order valence-corrected chi connectivity index (χ3v) is 3.85. The SMILES string of the molecule is c1cc2n(n1)[C@H](c1[nH]nc3c1CCC3)CNC2. The number of hydrogen-bond acceptors (Lipinski definition) is 3. The molecule has 2 N–H and O–H groups in total. The normalized spacial score (nSPS) is 22.5. The van der Waals surface area contributed by atoms with E-state index in [1.807, 2.05) is 6.20 Å². The van der Waals surface area contributed by atoms with Gasteiger partial charge in [-0.05, 0) is 30.9 Å². The highest BCUT2D eigenvalue weighted by Gasteiger charge is 2.28. The molecule has 5 nitrogen and oxygen atoms in total. The summed E-state index contributed by atoms with van der Waals surface area (Å²) >= 11 is 0. The van der Waals surface area contributed by atoms with E-state index in [0.717, 1.165) is 25.9 Å². The first kappa shape index (κ1) is 9.41. The molecule has 0 spiro atoms. The monoisotopic (exact) mass is 229 g/mol. The second-order valence-corrected chi connectivity index (χ2v) is 4.83. The van der Waals surface area contributed by atoms with Crippen LogP contribution in [0.15, 0.2) is 12.3 Å². The molecule has 2 aromatic heterocycles. The predicted octanol–water partition coefficient (Wildman–Crippen LogP) is 0.787. The standard InChI is InChI=1S/C12H15N5/c1-2-9-10(3-1)15-16-12(9)11-7-13-6-8-4-5-14-17(8)11/h4-5,11,13H,1-3,6-7H2,(H,15,16)/t11-/m0/s1. The summed E-state index contributed by atoms with van der Waals surface area (Å²) in [6, 6.07) is 2.36. The fraction of sp³-hybridized carbons (Fsp3) is 0.500. The molecule has 1 atom stereocenters. The molecule has 2 aromatic rings. The summed E-state index contributed by atoms with van der Waals surface area (Å²) in [4.78, 5) is 0. The van der Waals surface area contributed by atoms with Crippen molar-refractivity contribution in [2.75, 3.05) is 6.54 Å². The van der Waals surface area contributed by atoms with Crippen molar-refractivity contribution in [1.82, 2.24) is 25.3 Å². The van der Waals surface area contributed by atoms with Crippen LogP contribution >= 0.6 is 0 Å². The van der Waals surface area contributed by atoms with Crippen LogP contribution in [0.3, 0.4) is 0 Å². The van der Waals surface area contributed by atoms with Crippen LogP contribution in [-0.2, 0) is 19.4 Å². The van der Waals surface area contributed by atoms with E-state index in [0.29, 0.717) is 0 Å². The molecule has 17 heavy (non-hydrogen) atoms. The Balaban J connectivity index is 1.81. The molecule has 0 bridgehead atoms. The second-order valence-electron chi connectivity index (χ2n) is 4.83. The Bertz CT molecular complexity index is 553. The minimum atomic E-state index is 0.281. The quantitative estimate of drug-likeness (QED) is 0.760. The van der Waals surface area contributed by atoms with E-state index in [-0.39, 0.29) is 6.04 Å². The van der Waals surface area contributed by atoms with Crippen LogP contribution < -0.4 is 5.32 Å². The van der Waals surface area contributed by atoms with Gasteiger partial charge in [0.2, 0.25) is 0 Å². The Labute approximate surface area is 99.2 Å². The molecule has 0 saturated carbocycles. The van der Waals surface area contributed by atoms with Crippen LogP contribution in [0, 0.1) is 0 Å². The average molecular weight is 229 g/mol. The lowest BCUT2D eigenvalue weighted by atomic mass is 10.1. The summed E-state index contributed by atoms with van der Waals surface area (Å²) in [6.45, 7) is 1.84. The fourth-order valence-electron chi connectivity index (χ4n) is 3.02. The molecule has 1 aliphatic heterocycles. The maximum atomic E-state index is 4.45. The molecule has 2 aliphatic rings. The molecule has 0 amide bonds. The van der Waals surface area contributed by atoms with Crippen LogP contribution in [0.4, 0.5) is 0 Å². The molecule has 0 radical (unpaired) electrons. The molecule has 0 aromatic carbocycles. The van der Waals surface area contributed by atoms with E-state index in [1.54, 1.807) is 0 Å². The number of nitrogens with zero attached hydrogens (tertiary/aromatic N) is 3. The van der Waals surface area contributed by atoms with Crippen LogP contribution in [0.1, 0.15) is 35.1 Å². The van der Waals surface area contributed by atoms with E-state index in [1.165, 1.54) is 29.1 Å². The van der Waals surface area contributed by atoms with E-state index < -0.39 is 0 Å². The van der Waals surface area contributed by atoms with Crippen molar-refractivity contribution >= 4 is 0 Å². The molecule has 0 saturated heterocycles. The Morgan fingerprint density at radius 3 is 3.35 bits per heavy atom. The van der Waals surface area contributed by atoms with Gasteiger partial charge < -0.3 is 5.32 Å². The van der Waals surface area contributed by atoms with Gasteiger partial charge in [-0.15, -0.1) is 0 Å². The molecule has 4 rings (SSSR count). The first-order chi connectivity index (χ1) is 8.43. The van der Waals surface area contributed by atoms with E-state index >= 15 is 0 Å². The lowest BCUT2D eigenvalue weighted by Crippen LogP contribution is -2.34. The molecular formula is C12H15N5. The fourth-order valence-corrected chi connectivity index (χ4v) is 3.02. The van der Waals surface area contributed by atoms with Gasteiger partial charge in [0, 0.05) is 19.3 Å². The van der Waals surface area contributed by atoms with Crippen molar-refractivity contribution in [2.24, 2.45) is 0 Å². The van der Waals surface area contributed by atoms with Crippen LogP contribution in [0.25, 0.3) is 0 Å². The maximum Gasteiger partial charge on any atom is 0.106 e. The number of hydrogen-bond donors (Lipinski definition) is 2. The van der Waals surface area contributed by atoms with Crippen LogP contribution in [0.2, 0.25) is 0 Å². The number of nitrogens with one attached hydrogen (secondary N) is 2. The summed E-state index contributed by atoms with van der Waals surface area (Å²) in [6.07, 6.45) is 5.41. The summed E-state index contributed by atoms with van der Waals surface area (Å²) in [7, 11) is 0. The van der Waals surface area contributed by atoms with E-state index in [9.17, 15) is 0 Å². The Morgan fingerprint density at radius 2 is 2.35 bits per heavy atom. The predicted molar refractivity (Wildman–Crippen MR) is 62.7 cm³/mol. The number of aromatic amines is 1. The van der Waals surface area contributed by atoms with Gasteiger partial charge in [0.05, 0.1) is 17.1 Å². The summed E-state index contributed by atoms with van der Waals surface area (Å²) in [5, 5.41) is 15.6. The first-order valence-electron chi connectivity index (χ1n) is 6.22. The van der Waals surface area contributed by atoms with Crippen molar-refractivity contribution in [3.05, 3.63) is 34.9 Å². The Morgan fingerprint density at radius 1 is 1.35 bits per heavy atom. The number of fused-ring (bicyclic) bond motifs is 2. The largest absolute Gasteiger partial charge is 0.309 e. The molecular weight excluding hydrogens is 214 g/mol. The van der Waals surface area contributed by atoms with Gasteiger partial charge in [-0.1, -0.05) is 0 Å². The molecule has 0 fully saturated rings. The first-order valence-corrected chi connectivity index (χ1v) is 6.22. The van der Waals surface area contributed by atoms with Gasteiger partial charge in [0.1, 0.15) is 6.04 Å². The van der Waals surface area contributed by atoms with Crippen molar-refractivity contribution in [1.29, 1.82) is 0 Å². The summed E-state index contributed by atoms with van der Waals surface area (Å²) < 4.78 is 2.13. The number of rotatable bonds is 1. The molecule has 5 heteroatoms. The number of H-pyrrole nitrogens is 1. The van der Waals surface area contributed by atoms with Crippen molar-refractivity contribution < 1.29 is 0 Å². The zero-order valence-corrected chi connectivity index (χ0v) is 9.61. The number of aromatic nitrogens is 4. The highest BCUT2D eigenvalue weighted by molar-refractivity contribution is 5.33. The third kappa shape index (κ3) is 1.29. The molecule has 88 valence electrons. The Kier molecular flexibility index (Phi) is 1.90. The minimum Gasteiger partial charge on any atom is -0.309 e. The Hall–Kier alpha value is -1.62. The van der Waals surface area contributed by atoms with E-state index in [4.69, 9.17) is 0 Å². The van der Waals surface area contributed by atoms with Crippen molar-refractivity contribution in [3.8, 4) is 0 Å². The van der Waals surface area contributed by atoms with Gasteiger partial charge in [-0.3, -0.25) is 9.78 Å². The van der Waals surface area contributed by atoms with Crippen molar-refractivity contribution in [3.63, 3.8) is 0 Å². The maximum absolute atomic E-state index is 4.45. The van der Waals surface area contributed by atoms with Crippen LogP contribution in [0.5, 0.6) is 0 Å². The molecule has 1 aliphatic carbocycles. The van der Waals surface area contributed by atoms with Crippen LogP contribution in [-0.4, -0.2) is 26.5 Å². The van der Waals surface area contributed by atoms with Gasteiger partial charge in [0.25, 0.3) is 0 Å². The second kappa shape index (κ2) is 3.43. The van der Waals surface area contributed by atoms with Crippen molar-refractivity contribution in [2.45, 2.75) is 31.8 Å². The molecule has 3 heterocycles. The van der Waals surface area contributed by atoms with E-state index in [2.05, 4.69) is 31.4 Å². The number of aryl methyl sites for hydroxylation is 1. The zero-order chi connectivity index (χ0) is 11.2. The minimum absolute atomic E-state index is 0.281. The smallest absolute Gasteiger partial charge is 0.106 e. The van der Waals surface area contributed by atoms with Gasteiger partial charge in [-0.25, -0.2) is 0 Å². The average Bonchev–Trinajstić information content (AvgIpc) is 3.04. The highest BCUT2D eigenvalue weighted by Crippen LogP contribution is 2.30. The van der Waals surface area contributed by atoms with Gasteiger partial charge in [0.15, 0.2) is 0 Å².